The quantitative estimate of drug-likeness (QED) is 0.779. The number of anilines is 1. The summed E-state index contributed by atoms with van der Waals surface area (Å²) >= 11 is 7.60. The van der Waals surface area contributed by atoms with Gasteiger partial charge >= 0.3 is 6.03 Å². The molecule has 2 heterocycles. The molecule has 0 radical (unpaired) electrons. The molecule has 2 aliphatic rings. The highest BCUT2D eigenvalue weighted by molar-refractivity contribution is 7.16. The molecule has 2 N–H and O–H groups in total. The van der Waals surface area contributed by atoms with E-state index in [1.165, 1.54) is 4.88 Å². The first-order valence-electron chi connectivity index (χ1n) is 9.50. The molecule has 28 heavy (non-hydrogen) atoms. The molecule has 0 spiro atoms. The van der Waals surface area contributed by atoms with Crippen LogP contribution in [0.1, 0.15) is 28.1 Å². The fourth-order valence-electron chi connectivity index (χ4n) is 3.23. The maximum absolute atomic E-state index is 12.7. The van der Waals surface area contributed by atoms with Gasteiger partial charge in [-0.1, -0.05) is 11.6 Å². The lowest BCUT2D eigenvalue weighted by Crippen LogP contribution is -2.48. The zero-order valence-electron chi connectivity index (χ0n) is 15.5. The molecule has 1 aromatic carbocycles. The summed E-state index contributed by atoms with van der Waals surface area (Å²) in [6, 6.07) is 11.2. The molecule has 1 aromatic heterocycles. The summed E-state index contributed by atoms with van der Waals surface area (Å²) in [6.07, 6.45) is 2.10. The van der Waals surface area contributed by atoms with Crippen molar-refractivity contribution in [1.29, 1.82) is 0 Å². The largest absolute Gasteiger partial charge is 0.336 e. The van der Waals surface area contributed by atoms with Crippen LogP contribution in [-0.2, 0) is 6.54 Å². The molecule has 1 saturated heterocycles. The Hall–Kier alpha value is -2.09. The molecule has 148 valence electrons. The van der Waals surface area contributed by atoms with E-state index < -0.39 is 0 Å². The van der Waals surface area contributed by atoms with Crippen molar-refractivity contribution in [3.63, 3.8) is 0 Å². The van der Waals surface area contributed by atoms with Gasteiger partial charge in [-0.15, -0.1) is 11.3 Å². The van der Waals surface area contributed by atoms with Gasteiger partial charge in [-0.2, -0.15) is 0 Å². The standard InChI is InChI=1S/C20H23ClN4O2S/c21-18-8-7-17(28-18)13-24-9-11-25(12-10-24)19(26)14-1-3-15(4-2-14)22-20(27)23-16-5-6-16/h1-4,7-8,16H,5-6,9-13H2,(H2,22,23,27). The molecule has 0 atom stereocenters. The van der Waals surface area contributed by atoms with Crippen LogP contribution in [0.5, 0.6) is 0 Å². The number of rotatable bonds is 5. The lowest BCUT2D eigenvalue weighted by Gasteiger charge is -2.34. The van der Waals surface area contributed by atoms with Gasteiger partial charge in [-0.25, -0.2) is 4.79 Å². The van der Waals surface area contributed by atoms with Gasteiger partial charge < -0.3 is 15.5 Å². The number of hydrogen-bond acceptors (Lipinski definition) is 4. The van der Waals surface area contributed by atoms with Crippen LogP contribution in [0.2, 0.25) is 4.34 Å². The summed E-state index contributed by atoms with van der Waals surface area (Å²) in [5, 5.41) is 5.68. The molecular formula is C20H23ClN4O2S. The molecule has 6 nitrogen and oxygen atoms in total. The van der Waals surface area contributed by atoms with Crippen LogP contribution in [0.25, 0.3) is 0 Å². The fraction of sp³-hybridized carbons (Fsp3) is 0.400. The zero-order valence-corrected chi connectivity index (χ0v) is 17.1. The Morgan fingerprint density at radius 1 is 1.04 bits per heavy atom. The maximum Gasteiger partial charge on any atom is 0.319 e. The second kappa shape index (κ2) is 8.51. The van der Waals surface area contributed by atoms with E-state index in [1.807, 2.05) is 11.0 Å². The lowest BCUT2D eigenvalue weighted by molar-refractivity contribution is 0.0629. The van der Waals surface area contributed by atoms with E-state index in [2.05, 4.69) is 21.6 Å². The third-order valence-corrected chi connectivity index (χ3v) is 6.19. The van der Waals surface area contributed by atoms with Crippen molar-refractivity contribution >= 4 is 40.6 Å². The Balaban J connectivity index is 1.26. The number of nitrogens with one attached hydrogen (secondary N) is 2. The molecule has 2 fully saturated rings. The second-order valence-electron chi connectivity index (χ2n) is 7.22. The third-order valence-electron chi connectivity index (χ3n) is 4.97. The van der Waals surface area contributed by atoms with Crippen LogP contribution in [0.3, 0.4) is 0 Å². The molecular weight excluding hydrogens is 396 g/mol. The van der Waals surface area contributed by atoms with Crippen LogP contribution in [0, 0.1) is 0 Å². The molecule has 3 amide bonds. The van der Waals surface area contributed by atoms with Crippen molar-refractivity contribution in [2.75, 3.05) is 31.5 Å². The predicted octanol–water partition coefficient (Wildman–Crippen LogP) is 3.64. The number of hydrogen-bond donors (Lipinski definition) is 2. The summed E-state index contributed by atoms with van der Waals surface area (Å²) in [7, 11) is 0. The number of urea groups is 1. The first-order chi connectivity index (χ1) is 13.6. The number of halogens is 1. The van der Waals surface area contributed by atoms with Gasteiger partial charge in [0, 0.05) is 54.9 Å². The Labute approximate surface area is 173 Å². The lowest BCUT2D eigenvalue weighted by atomic mass is 10.1. The highest BCUT2D eigenvalue weighted by Crippen LogP contribution is 2.23. The zero-order chi connectivity index (χ0) is 19.5. The van der Waals surface area contributed by atoms with E-state index in [0.29, 0.717) is 30.4 Å². The summed E-state index contributed by atoms with van der Waals surface area (Å²) in [6.45, 7) is 4.00. The highest BCUT2D eigenvalue weighted by Gasteiger charge is 2.24. The average molecular weight is 419 g/mol. The van der Waals surface area contributed by atoms with Crippen molar-refractivity contribution in [3.05, 3.63) is 51.2 Å². The topological polar surface area (TPSA) is 64.7 Å². The minimum Gasteiger partial charge on any atom is -0.336 e. The van der Waals surface area contributed by atoms with E-state index >= 15 is 0 Å². The van der Waals surface area contributed by atoms with Crippen LogP contribution < -0.4 is 10.6 Å². The highest BCUT2D eigenvalue weighted by atomic mass is 35.5. The van der Waals surface area contributed by atoms with Gasteiger partial charge in [0.25, 0.3) is 5.91 Å². The van der Waals surface area contributed by atoms with Gasteiger partial charge in [0.2, 0.25) is 0 Å². The van der Waals surface area contributed by atoms with Crippen LogP contribution in [-0.4, -0.2) is 54.0 Å². The number of benzene rings is 1. The molecule has 1 aliphatic carbocycles. The van der Waals surface area contributed by atoms with Gasteiger partial charge in [0.1, 0.15) is 0 Å². The van der Waals surface area contributed by atoms with Crippen molar-refractivity contribution in [2.24, 2.45) is 0 Å². The Kier molecular flexibility index (Phi) is 5.85. The minimum atomic E-state index is -0.190. The predicted molar refractivity (Wildman–Crippen MR) is 112 cm³/mol. The monoisotopic (exact) mass is 418 g/mol. The van der Waals surface area contributed by atoms with E-state index in [4.69, 9.17) is 11.6 Å². The van der Waals surface area contributed by atoms with Gasteiger partial charge in [-0.3, -0.25) is 9.69 Å². The van der Waals surface area contributed by atoms with Gasteiger partial charge in [0.05, 0.1) is 4.34 Å². The van der Waals surface area contributed by atoms with Crippen molar-refractivity contribution in [2.45, 2.75) is 25.4 Å². The SMILES string of the molecule is O=C(Nc1ccc(C(=O)N2CCN(Cc3ccc(Cl)s3)CC2)cc1)NC1CC1. The summed E-state index contributed by atoms with van der Waals surface area (Å²) < 4.78 is 0.812. The molecule has 4 rings (SSSR count). The number of carbonyl (C=O) groups excluding carboxylic acids is 2. The summed E-state index contributed by atoms with van der Waals surface area (Å²) in [5.74, 6) is 0.0350. The smallest absolute Gasteiger partial charge is 0.319 e. The van der Waals surface area contributed by atoms with Crippen LogP contribution >= 0.6 is 22.9 Å². The number of nitrogens with zero attached hydrogens (tertiary/aromatic N) is 2. The molecule has 1 saturated carbocycles. The van der Waals surface area contributed by atoms with Crippen LogP contribution in [0.15, 0.2) is 36.4 Å². The average Bonchev–Trinajstić information content (AvgIpc) is 3.41. The van der Waals surface area contributed by atoms with E-state index in [9.17, 15) is 9.59 Å². The van der Waals surface area contributed by atoms with Gasteiger partial charge in [-0.05, 0) is 49.2 Å². The third kappa shape index (κ3) is 5.04. The normalized spacial score (nSPS) is 17.4. The fourth-order valence-corrected chi connectivity index (χ4v) is 4.36. The summed E-state index contributed by atoms with van der Waals surface area (Å²) in [5.41, 5.74) is 1.33. The number of carbonyl (C=O) groups is 2. The molecule has 0 unspecified atom stereocenters. The second-order valence-corrected chi connectivity index (χ2v) is 9.02. The number of piperazine rings is 1. The number of thiophene rings is 1. The van der Waals surface area contributed by atoms with E-state index in [-0.39, 0.29) is 11.9 Å². The Morgan fingerprint density at radius 2 is 1.75 bits per heavy atom. The van der Waals surface area contributed by atoms with Gasteiger partial charge in [0.15, 0.2) is 0 Å². The minimum absolute atomic E-state index is 0.0350. The van der Waals surface area contributed by atoms with Crippen molar-refractivity contribution in [1.82, 2.24) is 15.1 Å². The van der Waals surface area contributed by atoms with Crippen molar-refractivity contribution < 1.29 is 9.59 Å². The Bertz CT molecular complexity index is 842. The summed E-state index contributed by atoms with van der Waals surface area (Å²) in [4.78, 5) is 30.0. The van der Waals surface area contributed by atoms with E-state index in [1.54, 1.807) is 35.6 Å². The number of amides is 3. The first-order valence-corrected chi connectivity index (χ1v) is 10.7. The molecule has 1 aliphatic heterocycles. The van der Waals surface area contributed by atoms with Crippen molar-refractivity contribution in [3.8, 4) is 0 Å². The van der Waals surface area contributed by atoms with E-state index in [0.717, 1.165) is 36.8 Å². The molecule has 8 heteroatoms. The molecule has 2 aromatic rings. The first kappa shape index (κ1) is 19.2. The van der Waals surface area contributed by atoms with Crippen LogP contribution in [0.4, 0.5) is 10.5 Å². The maximum atomic E-state index is 12.7. The Morgan fingerprint density at radius 3 is 2.36 bits per heavy atom. The molecule has 0 bridgehead atoms.